The quantitative estimate of drug-likeness (QED) is 0.571. The van der Waals surface area contributed by atoms with Gasteiger partial charge in [0.2, 0.25) is 0 Å². The molecule has 0 unspecified atom stereocenters. The first kappa shape index (κ1) is 15.0. The summed E-state index contributed by atoms with van der Waals surface area (Å²) in [6.45, 7) is 2.03. The van der Waals surface area contributed by atoms with Crippen LogP contribution in [0.1, 0.15) is 17.0 Å². The first-order chi connectivity index (χ1) is 11.0. The first-order valence-electron chi connectivity index (χ1n) is 7.00. The third kappa shape index (κ3) is 2.73. The summed E-state index contributed by atoms with van der Waals surface area (Å²) in [5.41, 5.74) is 7.56. The molecule has 2 aromatic heterocycles. The Hall–Kier alpha value is -2.96. The zero-order valence-electron chi connectivity index (χ0n) is 12.8. The minimum Gasteiger partial charge on any atom is -0.497 e. The summed E-state index contributed by atoms with van der Waals surface area (Å²) in [6.07, 6.45) is 0. The van der Waals surface area contributed by atoms with Gasteiger partial charge in [-0.15, -0.1) is 0 Å². The zero-order valence-corrected chi connectivity index (χ0v) is 12.8. The molecule has 3 rings (SSSR count). The molecule has 3 N–H and O–H groups in total. The Kier molecular flexibility index (Phi) is 3.69. The van der Waals surface area contributed by atoms with E-state index < -0.39 is 5.82 Å². The number of methoxy groups -OCH3 is 1. The summed E-state index contributed by atoms with van der Waals surface area (Å²) in [5.74, 6) is 0.108. The highest BCUT2D eigenvalue weighted by Crippen LogP contribution is 2.21. The Morgan fingerprint density at radius 3 is 2.65 bits per heavy atom. The number of halogens is 1. The number of rotatable bonds is 4. The van der Waals surface area contributed by atoms with Gasteiger partial charge >= 0.3 is 0 Å². The fourth-order valence-electron chi connectivity index (χ4n) is 2.37. The predicted molar refractivity (Wildman–Crippen MR) is 85.3 cm³/mol. The first-order valence-corrected chi connectivity index (χ1v) is 7.00. The number of fused-ring (bicyclic) bond motifs is 1. The number of hydrogen-bond donors (Lipinski definition) is 2. The SMILES string of the molecule is COc1ccc(Cn2nc(C(=N)N)c3cc(F)c(C)nc32)cc1. The predicted octanol–water partition coefficient (Wildman–Crippen LogP) is 2.22. The van der Waals surface area contributed by atoms with Gasteiger partial charge in [0.1, 0.15) is 23.1 Å². The number of aryl methyl sites for hydroxylation is 1. The molecule has 0 spiro atoms. The van der Waals surface area contributed by atoms with Crippen molar-refractivity contribution in [3.05, 3.63) is 53.1 Å². The van der Waals surface area contributed by atoms with E-state index in [4.69, 9.17) is 15.9 Å². The number of nitrogens with two attached hydrogens (primary N) is 1. The van der Waals surface area contributed by atoms with E-state index in [1.54, 1.807) is 18.7 Å². The van der Waals surface area contributed by atoms with Gasteiger partial charge in [-0.1, -0.05) is 12.1 Å². The molecule has 0 saturated heterocycles. The van der Waals surface area contributed by atoms with Gasteiger partial charge in [-0.05, 0) is 30.7 Å². The smallest absolute Gasteiger partial charge is 0.159 e. The molecule has 0 atom stereocenters. The maximum Gasteiger partial charge on any atom is 0.159 e. The minimum absolute atomic E-state index is 0.214. The second-order valence-corrected chi connectivity index (χ2v) is 5.19. The van der Waals surface area contributed by atoms with Gasteiger partial charge < -0.3 is 10.5 Å². The molecule has 2 heterocycles. The van der Waals surface area contributed by atoms with E-state index in [0.717, 1.165) is 11.3 Å². The van der Waals surface area contributed by atoms with Crippen LogP contribution in [0.3, 0.4) is 0 Å². The van der Waals surface area contributed by atoms with Crippen LogP contribution >= 0.6 is 0 Å². The van der Waals surface area contributed by atoms with Crippen molar-refractivity contribution in [2.24, 2.45) is 5.73 Å². The van der Waals surface area contributed by atoms with Crippen molar-refractivity contribution in [3.63, 3.8) is 0 Å². The fourth-order valence-corrected chi connectivity index (χ4v) is 2.37. The summed E-state index contributed by atoms with van der Waals surface area (Å²) in [4.78, 5) is 4.26. The van der Waals surface area contributed by atoms with Crippen LogP contribution in [0.4, 0.5) is 4.39 Å². The van der Waals surface area contributed by atoms with Gasteiger partial charge in [-0.25, -0.2) is 14.1 Å². The van der Waals surface area contributed by atoms with Crippen molar-refractivity contribution in [2.75, 3.05) is 7.11 Å². The molecule has 0 saturated carbocycles. The molecule has 0 aliphatic carbocycles. The highest BCUT2D eigenvalue weighted by atomic mass is 19.1. The average molecular weight is 313 g/mol. The molecule has 23 heavy (non-hydrogen) atoms. The number of amidine groups is 1. The van der Waals surface area contributed by atoms with Crippen LogP contribution < -0.4 is 10.5 Å². The molecule has 0 fully saturated rings. The lowest BCUT2D eigenvalue weighted by molar-refractivity contribution is 0.414. The Morgan fingerprint density at radius 1 is 1.35 bits per heavy atom. The molecular weight excluding hydrogens is 297 g/mol. The van der Waals surface area contributed by atoms with Gasteiger partial charge in [0.05, 0.1) is 24.7 Å². The lowest BCUT2D eigenvalue weighted by Gasteiger charge is -2.05. The van der Waals surface area contributed by atoms with E-state index in [9.17, 15) is 4.39 Å². The molecule has 0 bridgehead atoms. The van der Waals surface area contributed by atoms with E-state index >= 15 is 0 Å². The van der Waals surface area contributed by atoms with Crippen molar-refractivity contribution >= 4 is 16.9 Å². The lowest BCUT2D eigenvalue weighted by Crippen LogP contribution is -2.13. The molecule has 3 aromatic rings. The molecule has 0 amide bonds. The standard InChI is InChI=1S/C16H16FN5O/c1-9-13(17)7-12-14(15(18)19)21-22(16(12)20-9)8-10-3-5-11(23-2)6-4-10/h3-7H,8H2,1-2H3,(H3,18,19). The van der Waals surface area contributed by atoms with Crippen LogP contribution in [-0.4, -0.2) is 27.7 Å². The molecule has 7 heteroatoms. The molecule has 1 aromatic carbocycles. The molecule has 0 aliphatic heterocycles. The number of benzene rings is 1. The Labute approximate surface area is 132 Å². The van der Waals surface area contributed by atoms with Crippen molar-refractivity contribution in [3.8, 4) is 5.75 Å². The number of aromatic nitrogens is 3. The normalized spacial score (nSPS) is 10.9. The van der Waals surface area contributed by atoms with Crippen molar-refractivity contribution < 1.29 is 9.13 Å². The van der Waals surface area contributed by atoms with Gasteiger partial charge in [0, 0.05) is 0 Å². The van der Waals surface area contributed by atoms with Crippen LogP contribution in [0.5, 0.6) is 5.75 Å². The molecule has 118 valence electrons. The summed E-state index contributed by atoms with van der Waals surface area (Å²) < 4.78 is 20.5. The molecular formula is C16H16FN5O. The fraction of sp³-hybridized carbons (Fsp3) is 0.188. The highest BCUT2D eigenvalue weighted by molar-refractivity contribution is 6.04. The van der Waals surface area contributed by atoms with Crippen LogP contribution in [0.25, 0.3) is 11.0 Å². The minimum atomic E-state index is -0.441. The number of nitrogens with zero attached hydrogens (tertiary/aromatic N) is 3. The van der Waals surface area contributed by atoms with Gasteiger partial charge in [-0.3, -0.25) is 5.41 Å². The van der Waals surface area contributed by atoms with Crippen molar-refractivity contribution in [2.45, 2.75) is 13.5 Å². The van der Waals surface area contributed by atoms with E-state index in [1.165, 1.54) is 6.07 Å². The maximum absolute atomic E-state index is 13.8. The maximum atomic E-state index is 13.8. The second-order valence-electron chi connectivity index (χ2n) is 5.19. The summed E-state index contributed by atoms with van der Waals surface area (Å²) in [7, 11) is 1.61. The summed E-state index contributed by atoms with van der Waals surface area (Å²) >= 11 is 0. The van der Waals surface area contributed by atoms with E-state index in [2.05, 4.69) is 10.1 Å². The van der Waals surface area contributed by atoms with E-state index in [1.807, 2.05) is 24.3 Å². The van der Waals surface area contributed by atoms with E-state index in [-0.39, 0.29) is 17.2 Å². The highest BCUT2D eigenvalue weighted by Gasteiger charge is 2.16. The van der Waals surface area contributed by atoms with Gasteiger partial charge in [-0.2, -0.15) is 5.10 Å². The number of ether oxygens (including phenoxy) is 1. The number of nitrogen functional groups attached to an aromatic ring is 1. The Morgan fingerprint density at radius 2 is 2.04 bits per heavy atom. The third-order valence-electron chi connectivity index (χ3n) is 3.60. The van der Waals surface area contributed by atoms with Crippen molar-refractivity contribution in [1.82, 2.24) is 14.8 Å². The number of nitrogens with one attached hydrogen (secondary N) is 1. The van der Waals surface area contributed by atoms with Gasteiger partial charge in [0.25, 0.3) is 0 Å². The lowest BCUT2D eigenvalue weighted by atomic mass is 10.2. The van der Waals surface area contributed by atoms with Crippen LogP contribution in [-0.2, 0) is 6.54 Å². The van der Waals surface area contributed by atoms with Gasteiger partial charge in [0.15, 0.2) is 5.65 Å². The largest absolute Gasteiger partial charge is 0.497 e. The Balaban J connectivity index is 2.09. The third-order valence-corrected chi connectivity index (χ3v) is 3.60. The number of hydrogen-bond acceptors (Lipinski definition) is 4. The molecule has 0 radical (unpaired) electrons. The second kappa shape index (κ2) is 5.68. The van der Waals surface area contributed by atoms with Crippen LogP contribution in [0, 0.1) is 18.2 Å². The monoisotopic (exact) mass is 313 g/mol. The zero-order chi connectivity index (χ0) is 16.6. The topological polar surface area (TPSA) is 89.8 Å². The number of pyridine rings is 1. The average Bonchev–Trinajstić information content (AvgIpc) is 2.87. The van der Waals surface area contributed by atoms with Crippen LogP contribution in [0.15, 0.2) is 30.3 Å². The summed E-state index contributed by atoms with van der Waals surface area (Å²) in [5, 5.41) is 12.4. The molecule has 6 nitrogen and oxygen atoms in total. The van der Waals surface area contributed by atoms with Crippen molar-refractivity contribution in [1.29, 1.82) is 5.41 Å². The van der Waals surface area contributed by atoms with Crippen LogP contribution in [0.2, 0.25) is 0 Å². The van der Waals surface area contributed by atoms with E-state index in [0.29, 0.717) is 17.6 Å². The Bertz CT molecular complexity index is 886. The molecule has 0 aliphatic rings. The summed E-state index contributed by atoms with van der Waals surface area (Å²) in [6, 6.07) is 8.86.